The lowest BCUT2D eigenvalue weighted by Gasteiger charge is -2.10. The van der Waals surface area contributed by atoms with Crippen molar-refractivity contribution in [1.82, 2.24) is 0 Å². The summed E-state index contributed by atoms with van der Waals surface area (Å²) in [7, 11) is 0. The Labute approximate surface area is 201 Å². The highest BCUT2D eigenvalue weighted by atomic mass is 35.5. The normalized spacial score (nSPS) is 11.1. The molecule has 0 radical (unpaired) electrons. The molecular formula is C30H30ClFO. The molecule has 170 valence electrons. The number of aryl methyl sites for hydroxylation is 2. The summed E-state index contributed by atoms with van der Waals surface area (Å²) in [4.78, 5) is 0. The average Bonchev–Trinajstić information content (AvgIpc) is 2.85. The lowest BCUT2D eigenvalue weighted by Crippen LogP contribution is -1.97. The number of halogens is 2. The standard InChI is InChI=1S/C30H30ClFO/c1-2-3-4-5-20-33-28-17-12-23(13-18-28)25-14-19-29-26(21-25)11-10-24(30(29)32)9-6-22-7-15-27(31)16-8-22/h7-8,10-19,21H,2-6,9,20H2,1H3. The lowest BCUT2D eigenvalue weighted by molar-refractivity contribution is 0.305. The molecule has 0 spiro atoms. The number of hydrogen-bond donors (Lipinski definition) is 0. The second kappa shape index (κ2) is 11.3. The van der Waals surface area contributed by atoms with E-state index in [0.29, 0.717) is 11.8 Å². The van der Waals surface area contributed by atoms with Crippen LogP contribution in [0.2, 0.25) is 5.02 Å². The number of fused-ring (bicyclic) bond motifs is 1. The van der Waals surface area contributed by atoms with Crippen molar-refractivity contribution < 1.29 is 9.13 Å². The van der Waals surface area contributed by atoms with E-state index in [4.69, 9.17) is 16.3 Å². The highest BCUT2D eigenvalue weighted by Crippen LogP contribution is 2.29. The number of rotatable bonds is 10. The Morgan fingerprint density at radius 1 is 0.758 bits per heavy atom. The maximum absolute atomic E-state index is 15.2. The van der Waals surface area contributed by atoms with E-state index in [9.17, 15) is 0 Å². The molecule has 4 aromatic carbocycles. The fraction of sp³-hybridized carbons (Fsp3) is 0.267. The van der Waals surface area contributed by atoms with Gasteiger partial charge in [0.2, 0.25) is 0 Å². The van der Waals surface area contributed by atoms with Crippen LogP contribution < -0.4 is 4.74 Å². The minimum atomic E-state index is -0.125. The third-order valence-corrected chi connectivity index (χ3v) is 6.34. The molecule has 33 heavy (non-hydrogen) atoms. The Morgan fingerprint density at radius 2 is 1.52 bits per heavy atom. The molecule has 4 rings (SSSR count). The maximum atomic E-state index is 15.2. The predicted molar refractivity (Wildman–Crippen MR) is 138 cm³/mol. The third-order valence-electron chi connectivity index (χ3n) is 6.08. The Bertz CT molecular complexity index is 1180. The summed E-state index contributed by atoms with van der Waals surface area (Å²) in [5, 5.41) is 2.30. The zero-order valence-electron chi connectivity index (χ0n) is 19.1. The Morgan fingerprint density at radius 3 is 2.27 bits per heavy atom. The van der Waals surface area contributed by atoms with Gasteiger partial charge >= 0.3 is 0 Å². The monoisotopic (exact) mass is 460 g/mol. The van der Waals surface area contributed by atoms with E-state index >= 15 is 4.39 Å². The van der Waals surface area contributed by atoms with Gasteiger partial charge < -0.3 is 4.74 Å². The van der Waals surface area contributed by atoms with Gasteiger partial charge in [0.15, 0.2) is 0 Å². The van der Waals surface area contributed by atoms with Crippen LogP contribution in [-0.4, -0.2) is 6.61 Å². The summed E-state index contributed by atoms with van der Waals surface area (Å²) >= 11 is 5.95. The first-order chi connectivity index (χ1) is 16.1. The van der Waals surface area contributed by atoms with Crippen molar-refractivity contribution in [2.24, 2.45) is 0 Å². The molecule has 0 unspecified atom stereocenters. The number of benzene rings is 4. The fourth-order valence-electron chi connectivity index (χ4n) is 4.10. The van der Waals surface area contributed by atoms with Crippen LogP contribution >= 0.6 is 11.6 Å². The molecular weight excluding hydrogens is 431 g/mol. The fourth-order valence-corrected chi connectivity index (χ4v) is 4.23. The van der Waals surface area contributed by atoms with Gasteiger partial charge in [0.05, 0.1) is 6.61 Å². The zero-order chi connectivity index (χ0) is 23.0. The van der Waals surface area contributed by atoms with E-state index in [1.807, 2.05) is 60.7 Å². The van der Waals surface area contributed by atoms with Crippen LogP contribution in [0.1, 0.15) is 43.7 Å². The maximum Gasteiger partial charge on any atom is 0.134 e. The molecule has 0 fully saturated rings. The van der Waals surface area contributed by atoms with Crippen LogP contribution in [0.5, 0.6) is 5.75 Å². The van der Waals surface area contributed by atoms with Crippen molar-refractivity contribution in [2.75, 3.05) is 6.61 Å². The molecule has 0 aliphatic heterocycles. The molecule has 0 bridgehead atoms. The molecule has 0 atom stereocenters. The smallest absolute Gasteiger partial charge is 0.134 e. The van der Waals surface area contributed by atoms with Crippen molar-refractivity contribution in [3.63, 3.8) is 0 Å². The molecule has 0 heterocycles. The molecule has 4 aromatic rings. The third kappa shape index (κ3) is 6.15. The van der Waals surface area contributed by atoms with E-state index in [2.05, 4.69) is 25.1 Å². The highest BCUT2D eigenvalue weighted by molar-refractivity contribution is 6.30. The molecule has 3 heteroatoms. The van der Waals surface area contributed by atoms with Gasteiger partial charge in [0.1, 0.15) is 11.6 Å². The number of unbranched alkanes of at least 4 members (excludes halogenated alkanes) is 3. The van der Waals surface area contributed by atoms with Crippen molar-refractivity contribution in [3.05, 3.63) is 101 Å². The minimum Gasteiger partial charge on any atom is -0.494 e. The van der Waals surface area contributed by atoms with Crippen molar-refractivity contribution in [1.29, 1.82) is 0 Å². The van der Waals surface area contributed by atoms with Gasteiger partial charge in [-0.3, -0.25) is 0 Å². The SMILES string of the molecule is CCCCCCOc1ccc(-c2ccc3c(F)c(CCc4ccc(Cl)cc4)ccc3c2)cc1. The molecule has 0 N–H and O–H groups in total. The van der Waals surface area contributed by atoms with Crippen molar-refractivity contribution >= 4 is 22.4 Å². The van der Waals surface area contributed by atoms with Gasteiger partial charge in [-0.1, -0.05) is 86.3 Å². The van der Waals surface area contributed by atoms with Gasteiger partial charge in [-0.05, 0) is 77.2 Å². The summed E-state index contributed by atoms with van der Waals surface area (Å²) in [6, 6.07) is 25.8. The van der Waals surface area contributed by atoms with Gasteiger partial charge in [-0.2, -0.15) is 0 Å². The van der Waals surface area contributed by atoms with Crippen molar-refractivity contribution in [2.45, 2.75) is 45.4 Å². The summed E-state index contributed by atoms with van der Waals surface area (Å²) < 4.78 is 21.0. The van der Waals surface area contributed by atoms with E-state index in [1.165, 1.54) is 19.3 Å². The van der Waals surface area contributed by atoms with Gasteiger partial charge in [-0.15, -0.1) is 0 Å². The molecule has 0 amide bonds. The lowest BCUT2D eigenvalue weighted by atomic mass is 9.97. The zero-order valence-corrected chi connectivity index (χ0v) is 19.9. The summed E-state index contributed by atoms with van der Waals surface area (Å²) in [6.07, 6.45) is 6.23. The summed E-state index contributed by atoms with van der Waals surface area (Å²) in [5.74, 6) is 0.771. The molecule has 1 nitrogen and oxygen atoms in total. The molecule has 0 saturated heterocycles. The highest BCUT2D eigenvalue weighted by Gasteiger charge is 2.09. The predicted octanol–water partition coefficient (Wildman–Crippen LogP) is 9.04. The second-order valence-corrected chi connectivity index (χ2v) is 8.97. The van der Waals surface area contributed by atoms with E-state index < -0.39 is 0 Å². The van der Waals surface area contributed by atoms with Gasteiger partial charge in [0.25, 0.3) is 0 Å². The van der Waals surface area contributed by atoms with E-state index in [1.54, 1.807) is 0 Å². The van der Waals surface area contributed by atoms with E-state index in [-0.39, 0.29) is 5.82 Å². The van der Waals surface area contributed by atoms with Gasteiger partial charge in [-0.25, -0.2) is 4.39 Å². The van der Waals surface area contributed by atoms with Crippen LogP contribution in [0.15, 0.2) is 78.9 Å². The number of hydrogen-bond acceptors (Lipinski definition) is 1. The van der Waals surface area contributed by atoms with Gasteiger partial charge in [0, 0.05) is 10.4 Å². The first kappa shape index (κ1) is 23.3. The largest absolute Gasteiger partial charge is 0.494 e. The number of ether oxygens (including phenoxy) is 1. The van der Waals surface area contributed by atoms with E-state index in [0.717, 1.165) is 57.9 Å². The Hall–Kier alpha value is -2.84. The van der Waals surface area contributed by atoms with Crippen LogP contribution in [-0.2, 0) is 12.8 Å². The quantitative estimate of drug-likeness (QED) is 0.214. The average molecular weight is 461 g/mol. The topological polar surface area (TPSA) is 9.23 Å². The minimum absolute atomic E-state index is 0.125. The molecule has 0 aliphatic rings. The molecule has 0 saturated carbocycles. The first-order valence-corrected chi connectivity index (χ1v) is 12.2. The second-order valence-electron chi connectivity index (χ2n) is 8.53. The van der Waals surface area contributed by atoms with Crippen LogP contribution in [0.3, 0.4) is 0 Å². The molecule has 0 aliphatic carbocycles. The van der Waals surface area contributed by atoms with Crippen LogP contribution in [0.4, 0.5) is 4.39 Å². The van der Waals surface area contributed by atoms with Crippen molar-refractivity contribution in [3.8, 4) is 16.9 Å². The summed E-state index contributed by atoms with van der Waals surface area (Å²) in [5.41, 5.74) is 4.07. The van der Waals surface area contributed by atoms with Crippen LogP contribution in [0.25, 0.3) is 21.9 Å². The Kier molecular flexibility index (Phi) is 8.01. The first-order valence-electron chi connectivity index (χ1n) is 11.8. The Balaban J connectivity index is 1.43. The molecule has 0 aromatic heterocycles. The summed E-state index contributed by atoms with van der Waals surface area (Å²) in [6.45, 7) is 2.97. The van der Waals surface area contributed by atoms with Crippen LogP contribution in [0, 0.1) is 5.82 Å².